The van der Waals surface area contributed by atoms with Crippen molar-refractivity contribution in [3.05, 3.63) is 11.6 Å². The Balaban J connectivity index is 1.61. The van der Waals surface area contributed by atoms with Crippen LogP contribution in [0.15, 0.2) is 11.6 Å². The molecular weight excluding hydrogens is 420 g/mol. The Morgan fingerprint density at radius 2 is 1.71 bits per heavy atom. The van der Waals surface area contributed by atoms with Gasteiger partial charge in [-0.2, -0.15) is 0 Å². The van der Waals surface area contributed by atoms with E-state index in [1.165, 1.54) is 25.8 Å². The number of ether oxygens (including phenoxy) is 2. The van der Waals surface area contributed by atoms with Gasteiger partial charge in [0.05, 0.1) is 0 Å². The molecule has 4 rings (SSSR count). The SMILES string of the molecule is CC(=O)O[C@H]1CC[C@@]2(C)C(=C[C@H](Br)[C@H]3[C@@H]4CC[C@H](OC(C)=O)[C@@]4(C)CC[C@@H]32)C1. The first kappa shape index (κ1) is 20.4. The highest BCUT2D eigenvalue weighted by Crippen LogP contribution is 2.66. The smallest absolute Gasteiger partial charge is 0.302 e. The number of alkyl halides is 1. The van der Waals surface area contributed by atoms with E-state index in [1.807, 2.05) is 0 Å². The molecule has 0 spiro atoms. The summed E-state index contributed by atoms with van der Waals surface area (Å²) >= 11 is 4.03. The largest absolute Gasteiger partial charge is 0.462 e. The van der Waals surface area contributed by atoms with E-state index in [2.05, 4.69) is 35.9 Å². The molecule has 156 valence electrons. The summed E-state index contributed by atoms with van der Waals surface area (Å²) in [7, 11) is 0. The van der Waals surface area contributed by atoms with Gasteiger partial charge in [0.15, 0.2) is 0 Å². The van der Waals surface area contributed by atoms with Crippen LogP contribution in [0.1, 0.15) is 72.6 Å². The topological polar surface area (TPSA) is 52.6 Å². The van der Waals surface area contributed by atoms with Crippen molar-refractivity contribution in [1.29, 1.82) is 0 Å². The van der Waals surface area contributed by atoms with E-state index in [1.54, 1.807) is 0 Å². The van der Waals surface area contributed by atoms with Crippen molar-refractivity contribution in [3.63, 3.8) is 0 Å². The number of esters is 2. The van der Waals surface area contributed by atoms with E-state index in [9.17, 15) is 9.59 Å². The monoisotopic (exact) mass is 452 g/mol. The molecule has 8 atom stereocenters. The lowest BCUT2D eigenvalue weighted by atomic mass is 9.48. The fraction of sp³-hybridized carbons (Fsp3) is 0.826. The second kappa shape index (κ2) is 7.14. The lowest BCUT2D eigenvalue weighted by Gasteiger charge is -2.59. The standard InChI is InChI=1S/C23H33BrO4/c1-13(25)27-16-7-9-22(3)15(11-16)12-19(24)21-17-5-6-20(28-14(2)26)23(17,4)10-8-18(21)22/h12,16-21H,5-11H2,1-4H3/t16-,17-,18-,19-,20-,21-,22-,23-/m0/s1. The summed E-state index contributed by atoms with van der Waals surface area (Å²) in [5, 5.41) is 0. The quantitative estimate of drug-likeness (QED) is 0.328. The molecule has 0 heterocycles. The predicted molar refractivity (Wildman–Crippen MR) is 111 cm³/mol. The maximum absolute atomic E-state index is 11.6. The Hall–Kier alpha value is -0.840. The van der Waals surface area contributed by atoms with Crippen LogP contribution in [0.25, 0.3) is 0 Å². The second-order valence-electron chi connectivity index (χ2n) is 10.0. The van der Waals surface area contributed by atoms with Crippen LogP contribution in [0.4, 0.5) is 0 Å². The molecule has 28 heavy (non-hydrogen) atoms. The van der Waals surface area contributed by atoms with Gasteiger partial charge in [-0.3, -0.25) is 9.59 Å². The molecule has 0 radical (unpaired) electrons. The lowest BCUT2D eigenvalue weighted by molar-refractivity contribution is -0.156. The Morgan fingerprint density at radius 1 is 1.00 bits per heavy atom. The highest BCUT2D eigenvalue weighted by molar-refractivity contribution is 9.09. The van der Waals surface area contributed by atoms with Gasteiger partial charge < -0.3 is 9.47 Å². The molecule has 0 saturated heterocycles. The number of halogens is 1. The summed E-state index contributed by atoms with van der Waals surface area (Å²) in [6, 6.07) is 0. The summed E-state index contributed by atoms with van der Waals surface area (Å²) in [4.78, 5) is 23.4. The minimum Gasteiger partial charge on any atom is -0.462 e. The van der Waals surface area contributed by atoms with Crippen molar-refractivity contribution in [2.75, 3.05) is 0 Å². The zero-order valence-electron chi connectivity index (χ0n) is 17.5. The maximum atomic E-state index is 11.6. The van der Waals surface area contributed by atoms with Crippen LogP contribution in [-0.2, 0) is 19.1 Å². The van der Waals surface area contributed by atoms with E-state index in [4.69, 9.17) is 9.47 Å². The van der Waals surface area contributed by atoms with Gasteiger partial charge in [0.1, 0.15) is 12.2 Å². The van der Waals surface area contributed by atoms with Gasteiger partial charge in [0.2, 0.25) is 0 Å². The molecule has 0 bridgehead atoms. The fourth-order valence-electron chi connectivity index (χ4n) is 7.25. The van der Waals surface area contributed by atoms with Crippen molar-refractivity contribution < 1.29 is 19.1 Å². The predicted octanol–water partition coefficient (Wildman–Crippen LogP) is 5.19. The van der Waals surface area contributed by atoms with Gasteiger partial charge in [-0.15, -0.1) is 0 Å². The van der Waals surface area contributed by atoms with E-state index in [-0.39, 0.29) is 35.0 Å². The van der Waals surface area contributed by atoms with Gasteiger partial charge in [0.25, 0.3) is 0 Å². The van der Waals surface area contributed by atoms with Crippen molar-refractivity contribution in [2.45, 2.75) is 89.7 Å². The number of hydrogen-bond acceptors (Lipinski definition) is 4. The Morgan fingerprint density at radius 3 is 2.39 bits per heavy atom. The van der Waals surface area contributed by atoms with Gasteiger partial charge in [0, 0.05) is 30.5 Å². The Kier molecular flexibility index (Phi) is 5.21. The van der Waals surface area contributed by atoms with Crippen LogP contribution < -0.4 is 0 Å². The van der Waals surface area contributed by atoms with E-state index in [0.717, 1.165) is 38.5 Å². The number of fused-ring (bicyclic) bond motifs is 5. The van der Waals surface area contributed by atoms with Gasteiger partial charge >= 0.3 is 11.9 Å². The first-order valence-electron chi connectivity index (χ1n) is 10.8. The molecule has 0 aromatic rings. The van der Waals surface area contributed by atoms with E-state index < -0.39 is 0 Å². The molecule has 0 aromatic heterocycles. The van der Waals surface area contributed by atoms with Crippen molar-refractivity contribution in [3.8, 4) is 0 Å². The first-order valence-corrected chi connectivity index (χ1v) is 11.8. The molecule has 0 unspecified atom stereocenters. The first-order chi connectivity index (χ1) is 13.1. The Labute approximate surface area is 176 Å². The molecular formula is C23H33BrO4. The molecule has 3 fully saturated rings. The minimum atomic E-state index is -0.172. The molecule has 4 nitrogen and oxygen atoms in total. The average molecular weight is 453 g/mol. The summed E-state index contributed by atoms with van der Waals surface area (Å²) in [5.41, 5.74) is 1.77. The maximum Gasteiger partial charge on any atom is 0.302 e. The second-order valence-corrected chi connectivity index (χ2v) is 11.1. The number of rotatable bonds is 2. The van der Waals surface area contributed by atoms with Crippen LogP contribution in [-0.4, -0.2) is 29.0 Å². The third-order valence-electron chi connectivity index (χ3n) is 8.60. The lowest BCUT2D eigenvalue weighted by Crippen LogP contribution is -2.54. The van der Waals surface area contributed by atoms with Crippen LogP contribution >= 0.6 is 15.9 Å². The Bertz CT molecular complexity index is 703. The molecule has 0 aromatic carbocycles. The van der Waals surface area contributed by atoms with Crippen LogP contribution in [0.2, 0.25) is 0 Å². The molecule has 0 aliphatic heterocycles. The zero-order valence-corrected chi connectivity index (χ0v) is 19.1. The third kappa shape index (κ3) is 3.16. The van der Waals surface area contributed by atoms with Gasteiger partial charge in [-0.1, -0.05) is 41.4 Å². The normalized spacial score (nSPS) is 47.2. The van der Waals surface area contributed by atoms with E-state index in [0.29, 0.717) is 22.6 Å². The minimum absolute atomic E-state index is 0.0294. The van der Waals surface area contributed by atoms with E-state index >= 15 is 0 Å². The third-order valence-corrected chi connectivity index (χ3v) is 9.47. The molecule has 4 aliphatic carbocycles. The zero-order chi connectivity index (χ0) is 20.3. The van der Waals surface area contributed by atoms with Crippen molar-refractivity contribution in [1.82, 2.24) is 0 Å². The van der Waals surface area contributed by atoms with Gasteiger partial charge in [-0.25, -0.2) is 0 Å². The number of allylic oxidation sites excluding steroid dienone is 1. The van der Waals surface area contributed by atoms with Crippen molar-refractivity contribution in [2.24, 2.45) is 28.6 Å². The summed E-state index contributed by atoms with van der Waals surface area (Å²) < 4.78 is 11.3. The summed E-state index contributed by atoms with van der Waals surface area (Å²) in [6.07, 6.45) is 9.90. The highest BCUT2D eigenvalue weighted by atomic mass is 79.9. The number of hydrogen-bond donors (Lipinski definition) is 0. The van der Waals surface area contributed by atoms with Crippen molar-refractivity contribution >= 4 is 27.9 Å². The average Bonchev–Trinajstić information content (AvgIpc) is 2.92. The van der Waals surface area contributed by atoms with Crippen LogP contribution in [0.3, 0.4) is 0 Å². The van der Waals surface area contributed by atoms with Crippen LogP contribution in [0.5, 0.6) is 0 Å². The molecule has 5 heteroatoms. The molecule has 0 amide bonds. The molecule has 0 N–H and O–H groups in total. The molecule has 4 aliphatic rings. The number of carbonyl (C=O) groups excluding carboxylic acids is 2. The van der Waals surface area contributed by atoms with Gasteiger partial charge in [-0.05, 0) is 61.7 Å². The number of carbonyl (C=O) groups is 2. The highest BCUT2D eigenvalue weighted by Gasteiger charge is 2.61. The molecule has 3 saturated carbocycles. The van der Waals surface area contributed by atoms with Crippen LogP contribution in [0, 0.1) is 28.6 Å². The summed E-state index contributed by atoms with van der Waals surface area (Å²) in [5.74, 6) is 1.49. The fourth-order valence-corrected chi connectivity index (χ4v) is 8.31. The summed E-state index contributed by atoms with van der Waals surface area (Å²) in [6.45, 7) is 7.84.